The van der Waals surface area contributed by atoms with Gasteiger partial charge in [-0.15, -0.1) is 0 Å². The minimum Gasteiger partial charge on any atom is -0.491 e. The summed E-state index contributed by atoms with van der Waals surface area (Å²) in [5.74, 6) is 0.266. The Hall–Kier alpha value is -1.55. The highest BCUT2D eigenvalue weighted by Crippen LogP contribution is 2.24. The van der Waals surface area contributed by atoms with Crippen molar-refractivity contribution in [1.82, 2.24) is 5.32 Å². The average Bonchev–Trinajstić information content (AvgIpc) is 2.36. The second-order valence-electron chi connectivity index (χ2n) is 5.63. The van der Waals surface area contributed by atoms with Crippen molar-refractivity contribution < 1.29 is 14.6 Å². The molecule has 4 nitrogen and oxygen atoms in total. The Kier molecular flexibility index (Phi) is 5.57. The van der Waals surface area contributed by atoms with Crippen molar-refractivity contribution in [3.05, 3.63) is 29.3 Å². The molecule has 4 heteroatoms. The Balaban J connectivity index is 2.79. The number of carboxylic acid groups (broad SMARTS) is 1. The summed E-state index contributed by atoms with van der Waals surface area (Å²) < 4.78 is 5.66. The van der Waals surface area contributed by atoms with Crippen molar-refractivity contribution in [2.24, 2.45) is 0 Å². The smallest absolute Gasteiger partial charge is 0.327 e. The molecule has 1 unspecified atom stereocenters. The summed E-state index contributed by atoms with van der Waals surface area (Å²) >= 11 is 0. The van der Waals surface area contributed by atoms with Gasteiger partial charge in [-0.25, -0.2) is 0 Å². The van der Waals surface area contributed by atoms with E-state index < -0.39 is 11.5 Å². The number of benzene rings is 1. The van der Waals surface area contributed by atoms with Crippen LogP contribution in [0.2, 0.25) is 0 Å². The molecule has 1 aromatic rings. The highest BCUT2D eigenvalue weighted by atomic mass is 16.5. The van der Waals surface area contributed by atoms with Gasteiger partial charge in [0, 0.05) is 0 Å². The van der Waals surface area contributed by atoms with Crippen molar-refractivity contribution in [3.63, 3.8) is 0 Å². The zero-order valence-electron chi connectivity index (χ0n) is 13.0. The summed E-state index contributed by atoms with van der Waals surface area (Å²) in [5.41, 5.74) is 1.38. The zero-order valence-corrected chi connectivity index (χ0v) is 13.0. The summed E-state index contributed by atoms with van der Waals surface area (Å²) in [6.45, 7) is 10.5. The normalized spacial score (nSPS) is 14.1. The van der Waals surface area contributed by atoms with Gasteiger partial charge in [-0.05, 0) is 49.6 Å². The highest BCUT2D eigenvalue weighted by Gasteiger charge is 2.33. The molecule has 2 N–H and O–H groups in total. The lowest BCUT2D eigenvalue weighted by atomic mass is 9.98. The third-order valence-electron chi connectivity index (χ3n) is 3.43. The SMILES string of the molecule is CCNC(C)(COc1ccc(C(C)C)c(C)c1)C(=O)O. The summed E-state index contributed by atoms with van der Waals surface area (Å²) in [7, 11) is 0. The number of likely N-dealkylation sites (N-methyl/N-ethyl adjacent to an activating group) is 1. The van der Waals surface area contributed by atoms with E-state index in [0.29, 0.717) is 18.2 Å². The zero-order chi connectivity index (χ0) is 15.3. The predicted molar refractivity (Wildman–Crippen MR) is 80.5 cm³/mol. The second-order valence-corrected chi connectivity index (χ2v) is 5.63. The predicted octanol–water partition coefficient (Wildman–Crippen LogP) is 2.95. The van der Waals surface area contributed by atoms with Crippen LogP contribution in [0.1, 0.15) is 44.7 Å². The van der Waals surface area contributed by atoms with Crippen LogP contribution in [0.25, 0.3) is 0 Å². The Morgan fingerprint density at radius 2 is 2.10 bits per heavy atom. The Morgan fingerprint density at radius 1 is 1.45 bits per heavy atom. The molecule has 20 heavy (non-hydrogen) atoms. The van der Waals surface area contributed by atoms with E-state index in [-0.39, 0.29) is 6.61 Å². The molecule has 0 radical (unpaired) electrons. The van der Waals surface area contributed by atoms with Crippen LogP contribution in [0.4, 0.5) is 0 Å². The molecule has 0 fully saturated rings. The van der Waals surface area contributed by atoms with Crippen LogP contribution < -0.4 is 10.1 Å². The number of hydrogen-bond donors (Lipinski definition) is 2. The first-order valence-electron chi connectivity index (χ1n) is 7.02. The Labute approximate surface area is 121 Å². The van der Waals surface area contributed by atoms with Crippen LogP contribution in [0, 0.1) is 6.92 Å². The van der Waals surface area contributed by atoms with Crippen LogP contribution in [-0.2, 0) is 4.79 Å². The third-order valence-corrected chi connectivity index (χ3v) is 3.43. The molecule has 0 aromatic heterocycles. The fourth-order valence-corrected chi connectivity index (χ4v) is 2.19. The summed E-state index contributed by atoms with van der Waals surface area (Å²) in [6.07, 6.45) is 0. The van der Waals surface area contributed by atoms with Gasteiger partial charge in [-0.1, -0.05) is 26.8 Å². The number of carbonyl (C=O) groups is 1. The number of rotatable bonds is 7. The summed E-state index contributed by atoms with van der Waals surface area (Å²) in [4.78, 5) is 11.3. The molecule has 1 rings (SSSR count). The molecule has 1 aromatic carbocycles. The molecule has 0 aliphatic rings. The average molecular weight is 279 g/mol. The van der Waals surface area contributed by atoms with Crippen molar-refractivity contribution in [2.75, 3.05) is 13.2 Å². The topological polar surface area (TPSA) is 58.6 Å². The Morgan fingerprint density at radius 3 is 2.55 bits per heavy atom. The molecule has 0 aliphatic heterocycles. The highest BCUT2D eigenvalue weighted by molar-refractivity contribution is 5.78. The molecule has 0 saturated carbocycles. The standard InChI is InChI=1S/C16H25NO3/c1-6-17-16(5,15(18)19)10-20-13-7-8-14(11(2)3)12(4)9-13/h7-9,11,17H,6,10H2,1-5H3,(H,18,19). The number of aryl methyl sites for hydroxylation is 1. The second kappa shape index (κ2) is 6.75. The minimum absolute atomic E-state index is 0.0939. The summed E-state index contributed by atoms with van der Waals surface area (Å²) in [5, 5.41) is 12.2. The number of carboxylic acids is 1. The van der Waals surface area contributed by atoms with Gasteiger partial charge in [0.1, 0.15) is 17.9 Å². The molecule has 0 bridgehead atoms. The third kappa shape index (κ3) is 3.97. The van der Waals surface area contributed by atoms with E-state index in [1.807, 2.05) is 32.0 Å². The molecule has 0 aliphatic carbocycles. The van der Waals surface area contributed by atoms with Crippen LogP contribution in [0.5, 0.6) is 5.75 Å². The van der Waals surface area contributed by atoms with Gasteiger partial charge in [0.2, 0.25) is 0 Å². The maximum atomic E-state index is 11.3. The van der Waals surface area contributed by atoms with Gasteiger partial charge in [0.25, 0.3) is 0 Å². The van der Waals surface area contributed by atoms with E-state index in [9.17, 15) is 9.90 Å². The molecule has 0 spiro atoms. The lowest BCUT2D eigenvalue weighted by molar-refractivity contribution is -0.145. The molecular formula is C16H25NO3. The van der Waals surface area contributed by atoms with Crippen LogP contribution in [0.15, 0.2) is 18.2 Å². The molecule has 1 atom stereocenters. The van der Waals surface area contributed by atoms with Crippen LogP contribution in [-0.4, -0.2) is 29.8 Å². The number of hydrogen-bond acceptors (Lipinski definition) is 3. The van der Waals surface area contributed by atoms with Gasteiger partial charge < -0.3 is 9.84 Å². The van der Waals surface area contributed by atoms with E-state index in [0.717, 1.165) is 5.56 Å². The number of nitrogens with one attached hydrogen (secondary N) is 1. The lowest BCUT2D eigenvalue weighted by Crippen LogP contribution is -2.53. The van der Waals surface area contributed by atoms with E-state index in [4.69, 9.17) is 4.74 Å². The fraction of sp³-hybridized carbons (Fsp3) is 0.562. The van der Waals surface area contributed by atoms with Crippen molar-refractivity contribution >= 4 is 5.97 Å². The molecule has 0 saturated heterocycles. The van der Waals surface area contributed by atoms with Gasteiger partial charge in [-0.3, -0.25) is 10.1 Å². The van der Waals surface area contributed by atoms with Gasteiger partial charge >= 0.3 is 5.97 Å². The number of ether oxygens (including phenoxy) is 1. The van der Waals surface area contributed by atoms with Gasteiger partial charge in [0.15, 0.2) is 0 Å². The van der Waals surface area contributed by atoms with Crippen molar-refractivity contribution in [1.29, 1.82) is 0 Å². The lowest BCUT2D eigenvalue weighted by Gasteiger charge is -2.26. The minimum atomic E-state index is -1.07. The first-order valence-corrected chi connectivity index (χ1v) is 7.02. The van der Waals surface area contributed by atoms with E-state index in [2.05, 4.69) is 19.2 Å². The van der Waals surface area contributed by atoms with Crippen molar-refractivity contribution in [2.45, 2.75) is 46.1 Å². The largest absolute Gasteiger partial charge is 0.491 e. The molecule has 0 amide bonds. The molecule has 0 heterocycles. The maximum Gasteiger partial charge on any atom is 0.327 e. The van der Waals surface area contributed by atoms with Gasteiger partial charge in [-0.2, -0.15) is 0 Å². The fourth-order valence-electron chi connectivity index (χ4n) is 2.19. The monoisotopic (exact) mass is 279 g/mol. The Bertz CT molecular complexity index is 471. The summed E-state index contributed by atoms with van der Waals surface area (Å²) in [6, 6.07) is 5.90. The first-order chi connectivity index (χ1) is 9.30. The van der Waals surface area contributed by atoms with Crippen molar-refractivity contribution in [3.8, 4) is 5.75 Å². The molecule has 112 valence electrons. The first kappa shape index (κ1) is 16.5. The number of aliphatic carboxylic acids is 1. The van der Waals surface area contributed by atoms with E-state index in [1.54, 1.807) is 6.92 Å². The van der Waals surface area contributed by atoms with E-state index in [1.165, 1.54) is 5.56 Å². The van der Waals surface area contributed by atoms with Gasteiger partial charge in [0.05, 0.1) is 0 Å². The van der Waals surface area contributed by atoms with Crippen LogP contribution >= 0.6 is 0 Å². The van der Waals surface area contributed by atoms with E-state index >= 15 is 0 Å². The van der Waals surface area contributed by atoms with Crippen LogP contribution in [0.3, 0.4) is 0 Å². The maximum absolute atomic E-state index is 11.3. The molecular weight excluding hydrogens is 254 g/mol. The quantitative estimate of drug-likeness (QED) is 0.805.